The first-order chi connectivity index (χ1) is 9.83. The lowest BCUT2D eigenvalue weighted by molar-refractivity contribution is 0.355. The second-order valence-corrected chi connectivity index (χ2v) is 4.94. The molecule has 3 rings (SSSR count). The Morgan fingerprint density at radius 2 is 1.85 bits per heavy atom. The summed E-state index contributed by atoms with van der Waals surface area (Å²) in [6, 6.07) is 12.5. The highest BCUT2D eigenvalue weighted by Gasteiger charge is 2.14. The molecule has 0 spiro atoms. The molecular formula is C17H19NO2. The molecule has 2 aromatic rings. The molecule has 20 heavy (non-hydrogen) atoms. The zero-order valence-corrected chi connectivity index (χ0v) is 11.9. The Balaban J connectivity index is 2.09. The molecule has 0 unspecified atom stereocenters. The summed E-state index contributed by atoms with van der Waals surface area (Å²) >= 11 is 0. The third-order valence-electron chi connectivity index (χ3n) is 3.77. The lowest BCUT2D eigenvalue weighted by Crippen LogP contribution is -2.12. The van der Waals surface area contributed by atoms with Gasteiger partial charge in [0.1, 0.15) is 0 Å². The van der Waals surface area contributed by atoms with Gasteiger partial charge in [-0.3, -0.25) is 0 Å². The molecule has 0 bridgehead atoms. The monoisotopic (exact) mass is 269 g/mol. The van der Waals surface area contributed by atoms with Crippen molar-refractivity contribution in [3.8, 4) is 22.6 Å². The van der Waals surface area contributed by atoms with Crippen LogP contribution in [0.2, 0.25) is 0 Å². The van der Waals surface area contributed by atoms with Gasteiger partial charge in [0.05, 0.1) is 14.2 Å². The van der Waals surface area contributed by atoms with Crippen molar-refractivity contribution in [1.82, 2.24) is 0 Å². The van der Waals surface area contributed by atoms with E-state index in [4.69, 9.17) is 9.47 Å². The summed E-state index contributed by atoms with van der Waals surface area (Å²) in [6.45, 7) is 1.04. The first-order valence-electron chi connectivity index (χ1n) is 6.91. The minimum Gasteiger partial charge on any atom is -0.493 e. The van der Waals surface area contributed by atoms with E-state index < -0.39 is 0 Å². The van der Waals surface area contributed by atoms with E-state index in [-0.39, 0.29) is 0 Å². The average Bonchev–Trinajstić information content (AvgIpc) is 2.53. The molecule has 0 aliphatic carbocycles. The van der Waals surface area contributed by atoms with E-state index in [1.165, 1.54) is 23.2 Å². The first kappa shape index (κ1) is 12.9. The third-order valence-corrected chi connectivity index (χ3v) is 3.77. The molecule has 2 aromatic carbocycles. The number of benzene rings is 2. The molecule has 1 heterocycles. The number of aryl methyl sites for hydroxylation is 1. The highest BCUT2D eigenvalue weighted by molar-refractivity contribution is 5.82. The Bertz CT molecular complexity index is 622. The number of nitrogens with one attached hydrogen (secondary N) is 1. The molecule has 1 N–H and O–H groups in total. The highest BCUT2D eigenvalue weighted by atomic mass is 16.5. The van der Waals surface area contributed by atoms with Gasteiger partial charge in [0.2, 0.25) is 0 Å². The maximum Gasteiger partial charge on any atom is 0.161 e. The normalized spacial score (nSPS) is 13.3. The van der Waals surface area contributed by atoms with E-state index in [1.54, 1.807) is 14.2 Å². The number of rotatable bonds is 3. The van der Waals surface area contributed by atoms with Crippen molar-refractivity contribution in [3.05, 3.63) is 42.0 Å². The maximum absolute atomic E-state index is 5.40. The van der Waals surface area contributed by atoms with E-state index in [0.717, 1.165) is 30.0 Å². The third kappa shape index (κ3) is 2.20. The molecular weight excluding hydrogens is 250 g/mol. The second kappa shape index (κ2) is 5.45. The van der Waals surface area contributed by atoms with Crippen LogP contribution in [-0.2, 0) is 6.42 Å². The maximum atomic E-state index is 5.40. The van der Waals surface area contributed by atoms with Crippen LogP contribution in [0.3, 0.4) is 0 Å². The van der Waals surface area contributed by atoms with Gasteiger partial charge >= 0.3 is 0 Å². The van der Waals surface area contributed by atoms with Crippen molar-refractivity contribution in [2.75, 3.05) is 26.1 Å². The summed E-state index contributed by atoms with van der Waals surface area (Å²) < 4.78 is 10.7. The Morgan fingerprint density at radius 3 is 2.65 bits per heavy atom. The van der Waals surface area contributed by atoms with E-state index in [9.17, 15) is 0 Å². The summed E-state index contributed by atoms with van der Waals surface area (Å²) in [4.78, 5) is 0. The SMILES string of the molecule is COc1ccc(-c2cccc3c2NCCC3)cc1OC. The first-order valence-corrected chi connectivity index (χ1v) is 6.91. The van der Waals surface area contributed by atoms with Crippen LogP contribution in [0.4, 0.5) is 5.69 Å². The summed E-state index contributed by atoms with van der Waals surface area (Å²) in [5.41, 5.74) is 5.02. The predicted octanol–water partition coefficient (Wildman–Crippen LogP) is 3.73. The fraction of sp³-hybridized carbons (Fsp3) is 0.294. The van der Waals surface area contributed by atoms with Crippen LogP contribution in [0.25, 0.3) is 11.1 Å². The van der Waals surface area contributed by atoms with Crippen molar-refractivity contribution >= 4 is 5.69 Å². The van der Waals surface area contributed by atoms with E-state index in [1.807, 2.05) is 12.1 Å². The van der Waals surface area contributed by atoms with Gasteiger partial charge in [0, 0.05) is 17.8 Å². The zero-order valence-electron chi connectivity index (χ0n) is 11.9. The number of hydrogen-bond donors (Lipinski definition) is 1. The van der Waals surface area contributed by atoms with Crippen molar-refractivity contribution in [1.29, 1.82) is 0 Å². The minimum absolute atomic E-state index is 0.758. The Labute approximate surface area is 119 Å². The lowest BCUT2D eigenvalue weighted by Gasteiger charge is -2.21. The Kier molecular flexibility index (Phi) is 3.50. The molecule has 104 valence electrons. The Morgan fingerprint density at radius 1 is 1.00 bits per heavy atom. The van der Waals surface area contributed by atoms with E-state index in [0.29, 0.717) is 0 Å². The molecule has 3 heteroatoms. The van der Waals surface area contributed by atoms with Crippen molar-refractivity contribution < 1.29 is 9.47 Å². The average molecular weight is 269 g/mol. The number of hydrogen-bond acceptors (Lipinski definition) is 3. The lowest BCUT2D eigenvalue weighted by atomic mass is 9.95. The fourth-order valence-electron chi connectivity index (χ4n) is 2.75. The summed E-state index contributed by atoms with van der Waals surface area (Å²) in [6.07, 6.45) is 2.34. The molecule has 0 saturated carbocycles. The van der Waals surface area contributed by atoms with E-state index >= 15 is 0 Å². The van der Waals surface area contributed by atoms with Crippen LogP contribution in [0.5, 0.6) is 11.5 Å². The van der Waals surface area contributed by atoms with Crippen LogP contribution in [0.1, 0.15) is 12.0 Å². The van der Waals surface area contributed by atoms with Crippen LogP contribution in [0, 0.1) is 0 Å². The number of ether oxygens (including phenoxy) is 2. The van der Waals surface area contributed by atoms with Crippen molar-refractivity contribution in [2.24, 2.45) is 0 Å². The molecule has 0 fully saturated rings. The quantitative estimate of drug-likeness (QED) is 0.921. The topological polar surface area (TPSA) is 30.5 Å². The Hall–Kier alpha value is -2.16. The molecule has 1 aliphatic rings. The van der Waals surface area contributed by atoms with Gasteiger partial charge in [-0.15, -0.1) is 0 Å². The number of methoxy groups -OCH3 is 2. The number of fused-ring (bicyclic) bond motifs is 1. The molecule has 0 amide bonds. The summed E-state index contributed by atoms with van der Waals surface area (Å²) in [5.74, 6) is 1.52. The summed E-state index contributed by atoms with van der Waals surface area (Å²) in [5, 5.41) is 3.52. The molecule has 0 saturated heterocycles. The highest BCUT2D eigenvalue weighted by Crippen LogP contribution is 2.37. The van der Waals surface area contributed by atoms with Crippen LogP contribution >= 0.6 is 0 Å². The van der Waals surface area contributed by atoms with Crippen molar-refractivity contribution in [2.45, 2.75) is 12.8 Å². The van der Waals surface area contributed by atoms with Gasteiger partial charge in [-0.25, -0.2) is 0 Å². The second-order valence-electron chi connectivity index (χ2n) is 4.94. The smallest absolute Gasteiger partial charge is 0.161 e. The molecule has 0 radical (unpaired) electrons. The largest absolute Gasteiger partial charge is 0.493 e. The predicted molar refractivity (Wildman–Crippen MR) is 81.8 cm³/mol. The number of anilines is 1. The van der Waals surface area contributed by atoms with Gasteiger partial charge in [0.15, 0.2) is 11.5 Å². The van der Waals surface area contributed by atoms with Crippen LogP contribution < -0.4 is 14.8 Å². The molecule has 0 aromatic heterocycles. The minimum atomic E-state index is 0.758. The van der Waals surface area contributed by atoms with Gasteiger partial charge in [-0.05, 0) is 36.1 Å². The number of para-hydroxylation sites is 1. The van der Waals surface area contributed by atoms with Crippen LogP contribution in [-0.4, -0.2) is 20.8 Å². The molecule has 1 aliphatic heterocycles. The van der Waals surface area contributed by atoms with Gasteiger partial charge in [-0.1, -0.05) is 24.3 Å². The fourth-order valence-corrected chi connectivity index (χ4v) is 2.75. The van der Waals surface area contributed by atoms with E-state index in [2.05, 4.69) is 29.6 Å². The summed E-state index contributed by atoms with van der Waals surface area (Å²) in [7, 11) is 3.32. The van der Waals surface area contributed by atoms with Gasteiger partial charge in [0.25, 0.3) is 0 Å². The molecule has 3 nitrogen and oxygen atoms in total. The van der Waals surface area contributed by atoms with Crippen LogP contribution in [0.15, 0.2) is 36.4 Å². The van der Waals surface area contributed by atoms with Gasteiger partial charge in [-0.2, -0.15) is 0 Å². The standard InChI is InChI=1S/C17H19NO2/c1-19-15-9-8-13(11-16(15)20-2)14-7-3-5-12-6-4-10-18-17(12)14/h3,5,7-9,11,18H,4,6,10H2,1-2H3. The molecule has 0 atom stereocenters. The van der Waals surface area contributed by atoms with Gasteiger partial charge < -0.3 is 14.8 Å². The zero-order chi connectivity index (χ0) is 13.9. The van der Waals surface area contributed by atoms with Crippen molar-refractivity contribution in [3.63, 3.8) is 0 Å².